The van der Waals surface area contributed by atoms with E-state index >= 15 is 0 Å². The number of aromatic nitrogens is 1. The number of rotatable bonds is 6. The van der Waals surface area contributed by atoms with Gasteiger partial charge < -0.3 is 23.5 Å². The third-order valence-corrected chi connectivity index (χ3v) is 5.65. The summed E-state index contributed by atoms with van der Waals surface area (Å²) in [5, 5.41) is 2.13. The van der Waals surface area contributed by atoms with Crippen LogP contribution in [0.15, 0.2) is 53.0 Å². The molecule has 0 radical (unpaired) electrons. The number of nitrogens with zero attached hydrogens (tertiary/aromatic N) is 1. The maximum absolute atomic E-state index is 5.77. The van der Waals surface area contributed by atoms with Crippen LogP contribution in [0.4, 0.5) is 0 Å². The summed E-state index contributed by atoms with van der Waals surface area (Å²) in [5.41, 5.74) is 3.18. The Morgan fingerprint density at radius 3 is 2.00 bits per heavy atom. The van der Waals surface area contributed by atoms with Crippen LogP contribution in [0.1, 0.15) is 5.56 Å². The van der Waals surface area contributed by atoms with Crippen molar-refractivity contribution in [2.45, 2.75) is 6.54 Å². The predicted molar refractivity (Wildman–Crippen MR) is 119 cm³/mol. The Hall–Kier alpha value is -2.86. The van der Waals surface area contributed by atoms with Gasteiger partial charge in [-0.2, -0.15) is 0 Å². The van der Waals surface area contributed by atoms with Crippen LogP contribution in [0.25, 0.3) is 21.8 Å². The topological polar surface area (TPSA) is 41.9 Å². The van der Waals surface area contributed by atoms with Crippen molar-refractivity contribution in [2.24, 2.45) is 0 Å². The Balaban J connectivity index is 2.08. The first-order valence-electron chi connectivity index (χ1n) is 9.14. The summed E-state index contributed by atoms with van der Waals surface area (Å²) < 4.78 is 25.7. The number of methoxy groups -OCH3 is 4. The Kier molecular flexibility index (Phi) is 5.28. The molecule has 3 aromatic carbocycles. The van der Waals surface area contributed by atoms with Crippen molar-refractivity contribution in [3.05, 3.63) is 58.6 Å². The lowest BCUT2D eigenvalue weighted by atomic mass is 10.1. The lowest BCUT2D eigenvalue weighted by Crippen LogP contribution is -2.02. The summed E-state index contributed by atoms with van der Waals surface area (Å²) in [6.45, 7) is 0.673. The molecule has 0 amide bonds. The first-order valence-corrected chi connectivity index (χ1v) is 9.94. The van der Waals surface area contributed by atoms with E-state index in [0.717, 1.165) is 26.3 Å². The Morgan fingerprint density at radius 1 is 0.724 bits per heavy atom. The van der Waals surface area contributed by atoms with Crippen molar-refractivity contribution in [2.75, 3.05) is 28.4 Å². The smallest absolute Gasteiger partial charge is 0.185 e. The van der Waals surface area contributed by atoms with Gasteiger partial charge in [-0.15, -0.1) is 0 Å². The third-order valence-electron chi connectivity index (χ3n) is 5.13. The Morgan fingerprint density at radius 2 is 1.38 bits per heavy atom. The summed E-state index contributed by atoms with van der Waals surface area (Å²) in [5.74, 6) is 2.78. The molecular formula is C23H22BrNO4. The first-order chi connectivity index (χ1) is 14.1. The summed E-state index contributed by atoms with van der Waals surface area (Å²) in [4.78, 5) is 0. The van der Waals surface area contributed by atoms with Gasteiger partial charge in [0.1, 0.15) is 0 Å². The first kappa shape index (κ1) is 19.5. The monoisotopic (exact) mass is 455 g/mol. The quantitative estimate of drug-likeness (QED) is 0.377. The van der Waals surface area contributed by atoms with Crippen molar-refractivity contribution in [3.8, 4) is 23.0 Å². The van der Waals surface area contributed by atoms with Gasteiger partial charge in [0, 0.05) is 27.9 Å². The zero-order valence-corrected chi connectivity index (χ0v) is 18.4. The van der Waals surface area contributed by atoms with E-state index in [9.17, 15) is 0 Å². The minimum atomic E-state index is 0.673. The molecule has 1 aromatic heterocycles. The van der Waals surface area contributed by atoms with E-state index < -0.39 is 0 Å². The van der Waals surface area contributed by atoms with Crippen LogP contribution in [-0.4, -0.2) is 33.0 Å². The second kappa shape index (κ2) is 7.87. The molecule has 0 atom stereocenters. The summed E-state index contributed by atoms with van der Waals surface area (Å²) in [6.07, 6.45) is 0. The van der Waals surface area contributed by atoms with Gasteiger partial charge in [-0.3, -0.25) is 0 Å². The van der Waals surface area contributed by atoms with Gasteiger partial charge in [0.2, 0.25) is 0 Å². The average Bonchev–Trinajstić information content (AvgIpc) is 3.06. The molecule has 0 aliphatic heterocycles. The summed E-state index contributed by atoms with van der Waals surface area (Å²) >= 11 is 3.51. The molecule has 1 heterocycles. The van der Waals surface area contributed by atoms with Gasteiger partial charge in [-0.1, -0.05) is 28.1 Å². The molecule has 0 saturated heterocycles. The summed E-state index contributed by atoms with van der Waals surface area (Å²) in [7, 11) is 6.61. The summed E-state index contributed by atoms with van der Waals surface area (Å²) in [6, 6.07) is 16.3. The molecule has 5 nitrogen and oxygen atoms in total. The number of fused-ring (bicyclic) bond motifs is 3. The number of benzene rings is 3. The molecule has 0 fully saturated rings. The fourth-order valence-electron chi connectivity index (χ4n) is 3.76. The fraction of sp³-hybridized carbons (Fsp3) is 0.217. The second-order valence-electron chi connectivity index (χ2n) is 6.63. The predicted octanol–water partition coefficient (Wildman–Crippen LogP) is 5.64. The minimum Gasteiger partial charge on any atom is -0.493 e. The van der Waals surface area contributed by atoms with Crippen LogP contribution in [0.3, 0.4) is 0 Å². The van der Waals surface area contributed by atoms with Crippen LogP contribution in [0, 0.1) is 0 Å². The normalized spacial score (nSPS) is 11.1. The van der Waals surface area contributed by atoms with Gasteiger partial charge in [0.15, 0.2) is 23.0 Å². The number of ether oxygens (including phenoxy) is 4. The third kappa shape index (κ3) is 3.27. The molecule has 0 saturated carbocycles. The van der Waals surface area contributed by atoms with Gasteiger partial charge in [0.05, 0.1) is 39.5 Å². The fourth-order valence-corrected chi connectivity index (χ4v) is 4.02. The molecule has 4 aromatic rings. The van der Waals surface area contributed by atoms with E-state index in [0.29, 0.717) is 29.5 Å². The molecule has 150 valence electrons. The SMILES string of the molecule is COc1cc2c3ccc(OC)c(OC)c3n(Cc3ccc(Br)cc3)c2cc1OC. The van der Waals surface area contributed by atoms with Crippen molar-refractivity contribution in [3.63, 3.8) is 0 Å². The number of halogens is 1. The lowest BCUT2D eigenvalue weighted by molar-refractivity contribution is 0.355. The maximum atomic E-state index is 5.77. The molecule has 0 aliphatic carbocycles. The lowest BCUT2D eigenvalue weighted by Gasteiger charge is -2.13. The van der Waals surface area contributed by atoms with Gasteiger partial charge in [0.25, 0.3) is 0 Å². The number of hydrogen-bond donors (Lipinski definition) is 0. The molecule has 0 N–H and O–H groups in total. The highest BCUT2D eigenvalue weighted by Crippen LogP contribution is 2.44. The minimum absolute atomic E-state index is 0.673. The Labute approximate surface area is 177 Å². The van der Waals surface area contributed by atoms with Gasteiger partial charge >= 0.3 is 0 Å². The van der Waals surface area contributed by atoms with E-state index in [1.807, 2.05) is 30.3 Å². The van der Waals surface area contributed by atoms with E-state index in [-0.39, 0.29) is 0 Å². The zero-order chi connectivity index (χ0) is 20.5. The molecule has 29 heavy (non-hydrogen) atoms. The van der Waals surface area contributed by atoms with E-state index in [4.69, 9.17) is 18.9 Å². The molecule has 0 aliphatic rings. The highest BCUT2D eigenvalue weighted by atomic mass is 79.9. The van der Waals surface area contributed by atoms with Gasteiger partial charge in [-0.05, 0) is 35.9 Å². The largest absolute Gasteiger partial charge is 0.493 e. The molecule has 0 unspecified atom stereocenters. The van der Waals surface area contributed by atoms with Crippen LogP contribution >= 0.6 is 15.9 Å². The molecular weight excluding hydrogens is 434 g/mol. The maximum Gasteiger partial charge on any atom is 0.185 e. The van der Waals surface area contributed by atoms with Crippen molar-refractivity contribution in [1.82, 2.24) is 4.57 Å². The highest BCUT2D eigenvalue weighted by Gasteiger charge is 2.20. The number of hydrogen-bond acceptors (Lipinski definition) is 4. The van der Waals surface area contributed by atoms with Crippen molar-refractivity contribution >= 4 is 37.7 Å². The highest BCUT2D eigenvalue weighted by molar-refractivity contribution is 9.10. The molecule has 6 heteroatoms. The van der Waals surface area contributed by atoms with Crippen molar-refractivity contribution < 1.29 is 18.9 Å². The Bertz CT molecular complexity index is 1180. The second-order valence-corrected chi connectivity index (χ2v) is 7.55. The molecule has 0 spiro atoms. The molecule has 0 bridgehead atoms. The van der Waals surface area contributed by atoms with Crippen molar-refractivity contribution in [1.29, 1.82) is 0 Å². The van der Waals surface area contributed by atoms with Crippen LogP contribution in [0.2, 0.25) is 0 Å². The van der Waals surface area contributed by atoms with E-state index in [1.54, 1.807) is 28.4 Å². The average molecular weight is 456 g/mol. The van der Waals surface area contributed by atoms with E-state index in [1.165, 1.54) is 5.56 Å². The molecule has 4 rings (SSSR count). The van der Waals surface area contributed by atoms with E-state index in [2.05, 4.69) is 38.7 Å². The zero-order valence-electron chi connectivity index (χ0n) is 16.8. The van der Waals surface area contributed by atoms with Crippen LogP contribution < -0.4 is 18.9 Å². The van der Waals surface area contributed by atoms with Gasteiger partial charge in [-0.25, -0.2) is 0 Å². The van der Waals surface area contributed by atoms with Crippen LogP contribution in [-0.2, 0) is 6.54 Å². The van der Waals surface area contributed by atoms with Crippen LogP contribution in [0.5, 0.6) is 23.0 Å². The standard InChI is InChI=1S/C23H22BrNO4/c1-26-19-10-9-16-17-11-20(27-2)21(28-3)12-18(17)25(22(16)23(19)29-4)13-14-5-7-15(24)8-6-14/h5-12H,13H2,1-4H3.